The van der Waals surface area contributed by atoms with E-state index in [-0.39, 0.29) is 6.04 Å². The number of hydrogen-bond acceptors (Lipinski definition) is 3. The largest absolute Gasteiger partial charge is 0.335 e. The zero-order valence-electron chi connectivity index (χ0n) is 12.7. The van der Waals surface area contributed by atoms with Crippen LogP contribution in [0.5, 0.6) is 0 Å². The summed E-state index contributed by atoms with van der Waals surface area (Å²) < 4.78 is 4.19. The molecule has 2 aromatic heterocycles. The highest BCUT2D eigenvalue weighted by molar-refractivity contribution is 5.10. The van der Waals surface area contributed by atoms with E-state index in [2.05, 4.69) is 46.1 Å². The SMILES string of the molecule is CCCNC(Cc1nccn1CCC)c1ccnn1C. The van der Waals surface area contributed by atoms with Gasteiger partial charge in [0.15, 0.2) is 0 Å². The zero-order chi connectivity index (χ0) is 14.4. The normalized spacial score (nSPS) is 12.8. The number of nitrogens with zero attached hydrogens (tertiary/aromatic N) is 4. The Kier molecular flexibility index (Phi) is 5.35. The van der Waals surface area contributed by atoms with Crippen LogP contribution in [-0.4, -0.2) is 25.9 Å². The Balaban J connectivity index is 2.15. The van der Waals surface area contributed by atoms with Crippen molar-refractivity contribution in [2.24, 2.45) is 7.05 Å². The highest BCUT2D eigenvalue weighted by Crippen LogP contribution is 2.17. The second-order valence-corrected chi connectivity index (χ2v) is 5.13. The molecule has 1 atom stereocenters. The van der Waals surface area contributed by atoms with Gasteiger partial charge in [0.1, 0.15) is 5.82 Å². The van der Waals surface area contributed by atoms with Gasteiger partial charge in [0.2, 0.25) is 0 Å². The van der Waals surface area contributed by atoms with Crippen LogP contribution in [0.2, 0.25) is 0 Å². The molecule has 0 aliphatic carbocycles. The molecule has 0 amide bonds. The van der Waals surface area contributed by atoms with Crippen LogP contribution in [0.1, 0.15) is 44.2 Å². The molecule has 0 aliphatic heterocycles. The molecular formula is C15H25N5. The maximum Gasteiger partial charge on any atom is 0.110 e. The van der Waals surface area contributed by atoms with Crippen molar-refractivity contribution in [3.63, 3.8) is 0 Å². The first-order valence-corrected chi connectivity index (χ1v) is 7.47. The minimum atomic E-state index is 0.264. The van der Waals surface area contributed by atoms with Crippen molar-refractivity contribution in [2.45, 2.75) is 45.7 Å². The summed E-state index contributed by atoms with van der Waals surface area (Å²) in [5.41, 5.74) is 1.21. The van der Waals surface area contributed by atoms with Crippen LogP contribution >= 0.6 is 0 Å². The van der Waals surface area contributed by atoms with E-state index in [4.69, 9.17) is 0 Å². The molecule has 1 unspecified atom stereocenters. The molecule has 0 aromatic carbocycles. The van der Waals surface area contributed by atoms with Gasteiger partial charge in [-0.25, -0.2) is 4.98 Å². The summed E-state index contributed by atoms with van der Waals surface area (Å²) in [5, 5.41) is 7.89. The van der Waals surface area contributed by atoms with E-state index in [0.717, 1.165) is 38.2 Å². The molecule has 0 saturated heterocycles. The molecule has 110 valence electrons. The molecular weight excluding hydrogens is 250 g/mol. The summed E-state index contributed by atoms with van der Waals surface area (Å²) in [4.78, 5) is 4.52. The monoisotopic (exact) mass is 275 g/mol. The van der Waals surface area contributed by atoms with Gasteiger partial charge in [-0.15, -0.1) is 0 Å². The van der Waals surface area contributed by atoms with Gasteiger partial charge in [0, 0.05) is 38.6 Å². The zero-order valence-corrected chi connectivity index (χ0v) is 12.7. The van der Waals surface area contributed by atoms with Crippen molar-refractivity contribution < 1.29 is 0 Å². The van der Waals surface area contributed by atoms with E-state index < -0.39 is 0 Å². The van der Waals surface area contributed by atoms with Crippen molar-refractivity contribution in [2.75, 3.05) is 6.54 Å². The van der Waals surface area contributed by atoms with Gasteiger partial charge in [0.05, 0.1) is 11.7 Å². The van der Waals surface area contributed by atoms with Gasteiger partial charge in [-0.3, -0.25) is 4.68 Å². The van der Waals surface area contributed by atoms with Gasteiger partial charge in [-0.1, -0.05) is 13.8 Å². The molecule has 0 aliphatic rings. The smallest absolute Gasteiger partial charge is 0.110 e. The molecule has 5 nitrogen and oxygen atoms in total. The Labute approximate surface area is 121 Å². The fraction of sp³-hybridized carbons (Fsp3) is 0.600. The molecule has 0 saturated carbocycles. The van der Waals surface area contributed by atoms with Gasteiger partial charge in [-0.2, -0.15) is 5.10 Å². The van der Waals surface area contributed by atoms with Crippen LogP contribution in [0.15, 0.2) is 24.7 Å². The Hall–Kier alpha value is -1.62. The van der Waals surface area contributed by atoms with Crippen molar-refractivity contribution >= 4 is 0 Å². The van der Waals surface area contributed by atoms with Crippen molar-refractivity contribution in [1.82, 2.24) is 24.6 Å². The highest BCUT2D eigenvalue weighted by Gasteiger charge is 2.17. The summed E-state index contributed by atoms with van der Waals surface area (Å²) in [5.74, 6) is 1.14. The first-order chi connectivity index (χ1) is 9.76. The topological polar surface area (TPSA) is 47.7 Å². The molecule has 2 rings (SSSR count). The van der Waals surface area contributed by atoms with Crippen molar-refractivity contribution in [3.05, 3.63) is 36.2 Å². The van der Waals surface area contributed by atoms with Crippen molar-refractivity contribution in [3.8, 4) is 0 Å². The van der Waals surface area contributed by atoms with E-state index in [0.29, 0.717) is 0 Å². The van der Waals surface area contributed by atoms with Crippen LogP contribution in [-0.2, 0) is 20.0 Å². The predicted molar refractivity (Wildman–Crippen MR) is 80.5 cm³/mol. The second-order valence-electron chi connectivity index (χ2n) is 5.13. The average Bonchev–Trinajstić information content (AvgIpc) is 3.04. The average molecular weight is 275 g/mol. The third kappa shape index (κ3) is 3.48. The van der Waals surface area contributed by atoms with E-state index in [1.807, 2.05) is 24.1 Å². The lowest BCUT2D eigenvalue weighted by Crippen LogP contribution is -2.27. The third-order valence-electron chi connectivity index (χ3n) is 3.51. The minimum Gasteiger partial charge on any atom is -0.335 e. The van der Waals surface area contributed by atoms with E-state index in [1.54, 1.807) is 0 Å². The molecule has 0 fully saturated rings. The molecule has 1 N–H and O–H groups in total. The fourth-order valence-electron chi connectivity index (χ4n) is 2.48. The summed E-state index contributed by atoms with van der Waals surface area (Å²) in [6.45, 7) is 6.41. The van der Waals surface area contributed by atoms with Crippen LogP contribution in [0.25, 0.3) is 0 Å². The maximum atomic E-state index is 4.52. The molecule has 2 aromatic rings. The van der Waals surface area contributed by atoms with Crippen LogP contribution < -0.4 is 5.32 Å². The van der Waals surface area contributed by atoms with Crippen molar-refractivity contribution in [1.29, 1.82) is 0 Å². The Morgan fingerprint density at radius 1 is 1.25 bits per heavy atom. The third-order valence-corrected chi connectivity index (χ3v) is 3.51. The molecule has 5 heteroatoms. The first-order valence-electron chi connectivity index (χ1n) is 7.47. The van der Waals surface area contributed by atoms with E-state index in [1.165, 1.54) is 5.69 Å². The number of hydrogen-bond donors (Lipinski definition) is 1. The standard InChI is InChI=1S/C15H25N5/c1-4-7-16-13(14-6-8-18-19(14)3)12-15-17-9-11-20(15)10-5-2/h6,8-9,11,13,16H,4-5,7,10,12H2,1-3H3. The number of aryl methyl sites for hydroxylation is 2. The minimum absolute atomic E-state index is 0.264. The number of rotatable bonds is 8. The van der Waals surface area contributed by atoms with Crippen LogP contribution in [0.4, 0.5) is 0 Å². The van der Waals surface area contributed by atoms with Gasteiger partial charge >= 0.3 is 0 Å². The molecule has 2 heterocycles. The number of aromatic nitrogens is 4. The Bertz CT molecular complexity index is 514. The first kappa shape index (κ1) is 14.8. The lowest BCUT2D eigenvalue weighted by molar-refractivity contribution is 0.473. The maximum absolute atomic E-state index is 4.52. The van der Waals surface area contributed by atoms with E-state index in [9.17, 15) is 0 Å². The Morgan fingerprint density at radius 2 is 2.10 bits per heavy atom. The predicted octanol–water partition coefficient (Wildman–Crippen LogP) is 2.31. The molecule has 20 heavy (non-hydrogen) atoms. The summed E-state index contributed by atoms with van der Waals surface area (Å²) in [6.07, 6.45) is 8.96. The number of nitrogens with one attached hydrogen (secondary N) is 1. The quantitative estimate of drug-likeness (QED) is 0.804. The van der Waals surface area contributed by atoms with Crippen LogP contribution in [0.3, 0.4) is 0 Å². The molecule has 0 spiro atoms. The van der Waals surface area contributed by atoms with Crippen LogP contribution in [0, 0.1) is 0 Å². The Morgan fingerprint density at radius 3 is 2.75 bits per heavy atom. The number of imidazole rings is 1. The fourth-order valence-corrected chi connectivity index (χ4v) is 2.48. The summed E-state index contributed by atoms with van der Waals surface area (Å²) in [6, 6.07) is 2.35. The second kappa shape index (κ2) is 7.24. The van der Waals surface area contributed by atoms with E-state index >= 15 is 0 Å². The summed E-state index contributed by atoms with van der Waals surface area (Å²) in [7, 11) is 1.99. The van der Waals surface area contributed by atoms with Gasteiger partial charge in [-0.05, 0) is 25.5 Å². The lowest BCUT2D eigenvalue weighted by Gasteiger charge is -2.19. The van der Waals surface area contributed by atoms with Gasteiger partial charge < -0.3 is 9.88 Å². The van der Waals surface area contributed by atoms with Gasteiger partial charge in [0.25, 0.3) is 0 Å². The molecule has 0 radical (unpaired) electrons. The summed E-state index contributed by atoms with van der Waals surface area (Å²) >= 11 is 0. The lowest BCUT2D eigenvalue weighted by atomic mass is 10.1. The highest BCUT2D eigenvalue weighted by atomic mass is 15.3. The molecule has 0 bridgehead atoms.